The Hall–Kier alpha value is -2.19. The van der Waals surface area contributed by atoms with Crippen molar-refractivity contribution >= 4 is 5.95 Å². The lowest BCUT2D eigenvalue weighted by Gasteiger charge is -2.05. The third-order valence-electron chi connectivity index (χ3n) is 2.37. The van der Waals surface area contributed by atoms with Gasteiger partial charge in [0, 0.05) is 18.0 Å². The minimum absolute atomic E-state index is 0.0201. The maximum atomic E-state index is 8.62. The molecular formula is C11H15N5O3. The van der Waals surface area contributed by atoms with Gasteiger partial charge in [0.25, 0.3) is 0 Å². The van der Waals surface area contributed by atoms with Gasteiger partial charge in [-0.25, -0.2) is 9.67 Å². The molecule has 0 fully saturated rings. The van der Waals surface area contributed by atoms with E-state index in [9.17, 15) is 0 Å². The van der Waals surface area contributed by atoms with E-state index in [0.717, 1.165) is 5.56 Å². The van der Waals surface area contributed by atoms with Crippen molar-refractivity contribution in [3.63, 3.8) is 0 Å². The maximum absolute atomic E-state index is 8.62. The van der Waals surface area contributed by atoms with Crippen LogP contribution in [-0.4, -0.2) is 45.2 Å². The fourth-order valence-corrected chi connectivity index (χ4v) is 1.53. The lowest BCUT2D eigenvalue weighted by atomic mass is 10.2. The second-order valence-corrected chi connectivity index (χ2v) is 3.68. The number of rotatable bonds is 6. The normalized spacial score (nSPS) is 10.6. The molecule has 0 atom stereocenters. The number of hydrogen-bond donors (Lipinski definition) is 2. The van der Waals surface area contributed by atoms with E-state index in [2.05, 4.69) is 15.1 Å². The third kappa shape index (κ3) is 3.18. The van der Waals surface area contributed by atoms with Gasteiger partial charge >= 0.3 is 0 Å². The molecule has 2 heterocycles. The van der Waals surface area contributed by atoms with Crippen molar-refractivity contribution < 1.29 is 14.6 Å². The average Bonchev–Trinajstić information content (AvgIpc) is 2.87. The summed E-state index contributed by atoms with van der Waals surface area (Å²) in [7, 11) is 1.51. The summed E-state index contributed by atoms with van der Waals surface area (Å²) in [5.41, 5.74) is 7.00. The lowest BCUT2D eigenvalue weighted by molar-refractivity contribution is 0.0419. The van der Waals surface area contributed by atoms with Crippen LogP contribution in [0.1, 0.15) is 0 Å². The van der Waals surface area contributed by atoms with Gasteiger partial charge in [-0.1, -0.05) is 0 Å². The van der Waals surface area contributed by atoms with E-state index in [1.54, 1.807) is 23.3 Å². The Morgan fingerprint density at radius 1 is 1.42 bits per heavy atom. The smallest absolute Gasteiger partial charge is 0.226 e. The molecule has 0 aromatic carbocycles. The van der Waals surface area contributed by atoms with Crippen LogP contribution < -0.4 is 10.5 Å². The first-order valence-corrected chi connectivity index (χ1v) is 5.62. The zero-order valence-corrected chi connectivity index (χ0v) is 10.5. The molecule has 0 spiro atoms. The highest BCUT2D eigenvalue weighted by molar-refractivity contribution is 5.66. The van der Waals surface area contributed by atoms with Crippen LogP contribution in [0.25, 0.3) is 11.1 Å². The molecule has 0 amide bonds. The summed E-state index contributed by atoms with van der Waals surface area (Å²) in [5.74, 6) is 0.544. The van der Waals surface area contributed by atoms with Crippen molar-refractivity contribution in [2.75, 3.05) is 26.1 Å². The fourth-order valence-electron chi connectivity index (χ4n) is 1.53. The minimum Gasteiger partial charge on any atom is -0.480 e. The Labute approximate surface area is 109 Å². The molecule has 0 aliphatic rings. The number of nitrogens with zero attached hydrogens (tertiary/aromatic N) is 4. The molecule has 102 valence electrons. The van der Waals surface area contributed by atoms with Crippen LogP contribution in [0.4, 0.5) is 5.95 Å². The molecule has 19 heavy (non-hydrogen) atoms. The van der Waals surface area contributed by atoms with Gasteiger partial charge in [0.15, 0.2) is 0 Å². The molecule has 2 aromatic rings. The number of hydrogen-bond acceptors (Lipinski definition) is 7. The van der Waals surface area contributed by atoms with E-state index in [-0.39, 0.29) is 25.9 Å². The van der Waals surface area contributed by atoms with Crippen LogP contribution in [0.5, 0.6) is 5.88 Å². The number of methoxy groups -OCH3 is 1. The zero-order chi connectivity index (χ0) is 13.7. The highest BCUT2D eigenvalue weighted by Gasteiger charge is 2.11. The summed E-state index contributed by atoms with van der Waals surface area (Å²) < 4.78 is 11.9. The van der Waals surface area contributed by atoms with E-state index in [1.165, 1.54) is 7.11 Å². The number of anilines is 1. The number of aromatic nitrogens is 4. The first kappa shape index (κ1) is 13.2. The van der Waals surface area contributed by atoms with Crippen LogP contribution in [0.2, 0.25) is 0 Å². The van der Waals surface area contributed by atoms with Crippen molar-refractivity contribution in [2.24, 2.45) is 0 Å². The van der Waals surface area contributed by atoms with E-state index in [0.29, 0.717) is 11.4 Å². The number of ether oxygens (including phenoxy) is 2. The van der Waals surface area contributed by atoms with Gasteiger partial charge < -0.3 is 20.3 Å². The van der Waals surface area contributed by atoms with E-state index in [4.69, 9.17) is 20.3 Å². The Morgan fingerprint density at radius 2 is 2.26 bits per heavy atom. The van der Waals surface area contributed by atoms with Crippen molar-refractivity contribution in [3.8, 4) is 17.0 Å². The predicted molar refractivity (Wildman–Crippen MR) is 67.3 cm³/mol. The van der Waals surface area contributed by atoms with E-state index < -0.39 is 0 Å². The number of aliphatic hydroxyl groups excluding tert-OH is 1. The highest BCUT2D eigenvalue weighted by atomic mass is 16.5. The summed E-state index contributed by atoms with van der Waals surface area (Å²) in [4.78, 5) is 7.93. The third-order valence-corrected chi connectivity index (χ3v) is 2.37. The molecule has 2 aromatic heterocycles. The molecule has 0 aliphatic heterocycles. The topological polar surface area (TPSA) is 108 Å². The van der Waals surface area contributed by atoms with Gasteiger partial charge in [-0.15, -0.1) is 0 Å². The number of aliphatic hydroxyl groups is 1. The molecule has 3 N–H and O–H groups in total. The monoisotopic (exact) mass is 265 g/mol. The largest absolute Gasteiger partial charge is 0.480 e. The summed E-state index contributed by atoms with van der Waals surface area (Å²) in [6.45, 7) is 0.510. The molecule has 0 saturated carbocycles. The quantitative estimate of drug-likeness (QED) is 0.702. The molecular weight excluding hydrogens is 250 g/mol. The Bertz CT molecular complexity index is 543. The Morgan fingerprint density at radius 3 is 3.00 bits per heavy atom. The lowest BCUT2D eigenvalue weighted by Crippen LogP contribution is -2.06. The van der Waals surface area contributed by atoms with Crippen LogP contribution in [0.15, 0.2) is 18.6 Å². The predicted octanol–water partition coefficient (Wildman–Crippen LogP) is -0.103. The summed E-state index contributed by atoms with van der Waals surface area (Å²) in [5, 5.41) is 12.8. The summed E-state index contributed by atoms with van der Waals surface area (Å²) >= 11 is 0. The maximum Gasteiger partial charge on any atom is 0.226 e. The molecule has 0 aliphatic carbocycles. The average molecular weight is 265 g/mol. The molecule has 0 bridgehead atoms. The minimum atomic E-state index is -0.0201. The molecule has 0 saturated heterocycles. The second kappa shape index (κ2) is 6.12. The number of nitrogen functional groups attached to an aromatic ring is 1. The van der Waals surface area contributed by atoms with Crippen LogP contribution in [-0.2, 0) is 11.5 Å². The van der Waals surface area contributed by atoms with Crippen LogP contribution in [0, 0.1) is 0 Å². The van der Waals surface area contributed by atoms with Crippen LogP contribution >= 0.6 is 0 Å². The SMILES string of the molecule is COc1nc(N)ncc1-c1cnn(COCCO)c1. The second-order valence-electron chi connectivity index (χ2n) is 3.68. The molecule has 2 rings (SSSR count). The first-order chi connectivity index (χ1) is 9.24. The fraction of sp³-hybridized carbons (Fsp3) is 0.364. The summed E-state index contributed by atoms with van der Waals surface area (Å²) in [6, 6.07) is 0. The standard InChI is InChI=1S/C11H15N5O3/c1-18-10-9(5-13-11(12)15-10)8-4-14-16(6-8)7-19-3-2-17/h4-6,17H,2-3,7H2,1H3,(H2,12,13,15). The molecule has 8 heteroatoms. The van der Waals surface area contributed by atoms with Crippen molar-refractivity contribution in [3.05, 3.63) is 18.6 Å². The van der Waals surface area contributed by atoms with Crippen molar-refractivity contribution in [1.82, 2.24) is 19.7 Å². The van der Waals surface area contributed by atoms with Crippen molar-refractivity contribution in [2.45, 2.75) is 6.73 Å². The molecule has 0 radical (unpaired) electrons. The van der Waals surface area contributed by atoms with Gasteiger partial charge in [0.2, 0.25) is 11.8 Å². The highest BCUT2D eigenvalue weighted by Crippen LogP contribution is 2.27. The van der Waals surface area contributed by atoms with E-state index >= 15 is 0 Å². The number of nitrogens with two attached hydrogens (primary N) is 1. The van der Waals surface area contributed by atoms with Crippen LogP contribution in [0.3, 0.4) is 0 Å². The molecule has 0 unspecified atom stereocenters. The summed E-state index contributed by atoms with van der Waals surface area (Å²) in [6.07, 6.45) is 5.01. The van der Waals surface area contributed by atoms with Gasteiger partial charge in [-0.3, -0.25) is 0 Å². The van der Waals surface area contributed by atoms with Gasteiger partial charge in [0.1, 0.15) is 6.73 Å². The van der Waals surface area contributed by atoms with Gasteiger partial charge in [0.05, 0.1) is 32.1 Å². The Kier molecular flexibility index (Phi) is 4.26. The van der Waals surface area contributed by atoms with Gasteiger partial charge in [-0.05, 0) is 0 Å². The zero-order valence-electron chi connectivity index (χ0n) is 10.5. The van der Waals surface area contributed by atoms with Gasteiger partial charge in [-0.2, -0.15) is 10.1 Å². The Balaban J connectivity index is 2.18. The van der Waals surface area contributed by atoms with E-state index in [1.807, 2.05) is 0 Å². The first-order valence-electron chi connectivity index (χ1n) is 5.62. The van der Waals surface area contributed by atoms with Crippen molar-refractivity contribution in [1.29, 1.82) is 0 Å². The molecule has 8 nitrogen and oxygen atoms in total.